The molecule has 1 saturated heterocycles. The molecule has 8 nitrogen and oxygen atoms in total. The molecule has 0 unspecified atom stereocenters. The lowest BCUT2D eigenvalue weighted by atomic mass is 9.97. The number of rotatable bonds is 6. The van der Waals surface area contributed by atoms with E-state index in [1.807, 2.05) is 31.2 Å². The molecule has 0 bridgehead atoms. The second-order valence-corrected chi connectivity index (χ2v) is 9.27. The van der Waals surface area contributed by atoms with E-state index in [9.17, 15) is 13.2 Å². The monoisotopic (exact) mass is 550 g/mol. The van der Waals surface area contributed by atoms with Crippen molar-refractivity contribution in [1.82, 2.24) is 10.2 Å². The van der Waals surface area contributed by atoms with Gasteiger partial charge in [-0.05, 0) is 37.8 Å². The average Bonchev–Trinajstić information content (AvgIpc) is 3.17. The van der Waals surface area contributed by atoms with Gasteiger partial charge in [0.1, 0.15) is 0 Å². The van der Waals surface area contributed by atoms with Crippen molar-refractivity contribution in [3.63, 3.8) is 0 Å². The minimum atomic E-state index is -3.40. The van der Waals surface area contributed by atoms with Crippen LogP contribution in [0.3, 0.4) is 0 Å². The number of hydrogen-bond acceptors (Lipinski definition) is 5. The summed E-state index contributed by atoms with van der Waals surface area (Å²) in [7, 11) is -1.71. The Morgan fingerprint density at radius 3 is 2.60 bits per heavy atom. The molecule has 1 N–H and O–H groups in total. The van der Waals surface area contributed by atoms with Crippen LogP contribution in [0, 0.1) is 5.92 Å². The van der Waals surface area contributed by atoms with Crippen molar-refractivity contribution >= 4 is 51.6 Å². The number of halogens is 1. The third-order valence-corrected chi connectivity index (χ3v) is 7.22. The molecule has 0 amide bonds. The number of esters is 1. The zero-order valence-corrected chi connectivity index (χ0v) is 20.7. The maximum absolute atomic E-state index is 12.8. The molecule has 0 radical (unpaired) electrons. The van der Waals surface area contributed by atoms with Crippen LogP contribution < -0.4 is 9.62 Å². The topological polar surface area (TPSA) is 91.3 Å². The van der Waals surface area contributed by atoms with Crippen LogP contribution in [0.2, 0.25) is 0 Å². The smallest absolute Gasteiger partial charge is 0.309 e. The molecule has 10 heteroatoms. The van der Waals surface area contributed by atoms with Gasteiger partial charge in [0.05, 0.1) is 24.0 Å². The predicted octanol–water partition coefficient (Wildman–Crippen LogP) is 1.85. The lowest BCUT2D eigenvalue weighted by Crippen LogP contribution is -2.48. The Morgan fingerprint density at radius 1 is 1.23 bits per heavy atom. The van der Waals surface area contributed by atoms with Crippen molar-refractivity contribution in [2.75, 3.05) is 49.9 Å². The van der Waals surface area contributed by atoms with E-state index < -0.39 is 10.0 Å². The molecule has 3 rings (SSSR count). The molecule has 0 atom stereocenters. The van der Waals surface area contributed by atoms with Gasteiger partial charge in [-0.2, -0.15) is 0 Å². The maximum Gasteiger partial charge on any atom is 0.309 e. The number of likely N-dealkylation sites (tertiary alicyclic amines) is 1. The van der Waals surface area contributed by atoms with Crippen molar-refractivity contribution in [3.05, 3.63) is 29.8 Å². The van der Waals surface area contributed by atoms with E-state index >= 15 is 0 Å². The molecule has 0 aliphatic carbocycles. The van der Waals surface area contributed by atoms with Gasteiger partial charge in [-0.1, -0.05) is 18.2 Å². The van der Waals surface area contributed by atoms with Crippen LogP contribution in [-0.4, -0.2) is 70.8 Å². The first-order valence-corrected chi connectivity index (χ1v) is 11.8. The number of aliphatic imine (C=N–C) groups is 1. The van der Waals surface area contributed by atoms with E-state index in [-0.39, 0.29) is 48.2 Å². The van der Waals surface area contributed by atoms with Crippen LogP contribution in [0.4, 0.5) is 5.69 Å². The molecule has 1 aromatic rings. The second-order valence-electron chi connectivity index (χ2n) is 7.25. The number of ether oxygens (including phenoxy) is 1. The SMILES string of the molecule is CCOC(=O)C1CCN(C(=NC)NCCS(=O)(=O)N2CCc3ccccc32)CC1.I. The summed E-state index contributed by atoms with van der Waals surface area (Å²) >= 11 is 0. The Morgan fingerprint density at radius 2 is 1.93 bits per heavy atom. The van der Waals surface area contributed by atoms with E-state index in [4.69, 9.17) is 4.74 Å². The summed E-state index contributed by atoms with van der Waals surface area (Å²) in [5.41, 5.74) is 1.86. The standard InChI is InChI=1S/C20H30N4O4S.HI/c1-3-28-19(25)17-8-12-23(13-9-17)20(21-2)22-11-15-29(26,27)24-14-10-16-6-4-5-7-18(16)24;/h4-7,17H,3,8-15H2,1-2H3,(H,21,22);1H. The van der Waals surface area contributed by atoms with E-state index in [1.165, 1.54) is 4.31 Å². The summed E-state index contributed by atoms with van der Waals surface area (Å²) in [6.45, 7) is 4.37. The fourth-order valence-electron chi connectivity index (χ4n) is 3.92. The Balaban J connectivity index is 0.00000320. The van der Waals surface area contributed by atoms with Gasteiger partial charge in [0.2, 0.25) is 10.0 Å². The number of piperidine rings is 1. The molecule has 0 aromatic heterocycles. The summed E-state index contributed by atoms with van der Waals surface area (Å²) in [5.74, 6) is 0.468. The Bertz CT molecular complexity index is 854. The zero-order chi connectivity index (χ0) is 20.9. The van der Waals surface area contributed by atoms with Crippen LogP contribution >= 0.6 is 24.0 Å². The van der Waals surface area contributed by atoms with Crippen molar-refractivity contribution in [1.29, 1.82) is 0 Å². The van der Waals surface area contributed by atoms with Crippen molar-refractivity contribution in [2.24, 2.45) is 10.9 Å². The number of hydrogen-bond donors (Lipinski definition) is 1. The Labute approximate surface area is 196 Å². The van der Waals surface area contributed by atoms with Gasteiger partial charge in [0.25, 0.3) is 0 Å². The number of nitrogens with zero attached hydrogens (tertiary/aromatic N) is 3. The number of nitrogens with one attached hydrogen (secondary N) is 1. The minimum absolute atomic E-state index is 0. The number of anilines is 1. The van der Waals surface area contributed by atoms with Gasteiger partial charge >= 0.3 is 5.97 Å². The predicted molar refractivity (Wildman–Crippen MR) is 129 cm³/mol. The molecule has 2 aliphatic rings. The summed E-state index contributed by atoms with van der Waals surface area (Å²) < 4.78 is 32.2. The number of para-hydroxylation sites is 1. The maximum atomic E-state index is 12.8. The molecular formula is C20H31IN4O4S. The second kappa shape index (κ2) is 11.2. The largest absolute Gasteiger partial charge is 0.466 e. The van der Waals surface area contributed by atoms with E-state index in [0.717, 1.165) is 17.7 Å². The molecule has 30 heavy (non-hydrogen) atoms. The Hall–Kier alpha value is -1.56. The van der Waals surface area contributed by atoms with Crippen molar-refractivity contribution in [2.45, 2.75) is 26.2 Å². The van der Waals surface area contributed by atoms with Gasteiger partial charge in [-0.15, -0.1) is 24.0 Å². The van der Waals surface area contributed by atoms with E-state index in [1.54, 1.807) is 7.05 Å². The summed E-state index contributed by atoms with van der Waals surface area (Å²) in [4.78, 5) is 18.2. The van der Waals surface area contributed by atoms with Gasteiger partial charge < -0.3 is 15.0 Å². The van der Waals surface area contributed by atoms with Gasteiger partial charge in [-0.25, -0.2) is 8.42 Å². The van der Waals surface area contributed by atoms with Gasteiger partial charge in [0, 0.05) is 33.2 Å². The fourth-order valence-corrected chi connectivity index (χ4v) is 5.35. The quantitative estimate of drug-likeness (QED) is 0.252. The highest BCUT2D eigenvalue weighted by molar-refractivity contribution is 14.0. The normalized spacial score (nSPS) is 17.3. The summed E-state index contributed by atoms with van der Waals surface area (Å²) in [5, 5.41) is 3.17. The summed E-state index contributed by atoms with van der Waals surface area (Å²) in [6, 6.07) is 7.64. The minimum Gasteiger partial charge on any atom is -0.466 e. The average molecular weight is 550 g/mol. The van der Waals surface area contributed by atoms with E-state index in [0.29, 0.717) is 45.0 Å². The first kappa shape index (κ1) is 24.7. The van der Waals surface area contributed by atoms with Crippen LogP contribution in [0.25, 0.3) is 0 Å². The fraction of sp³-hybridized carbons (Fsp3) is 0.600. The highest BCUT2D eigenvalue weighted by Gasteiger charge is 2.30. The van der Waals surface area contributed by atoms with Crippen LogP contribution in [0.5, 0.6) is 0 Å². The highest BCUT2D eigenvalue weighted by Crippen LogP contribution is 2.29. The summed E-state index contributed by atoms with van der Waals surface area (Å²) in [6.07, 6.45) is 2.17. The van der Waals surface area contributed by atoms with Crippen molar-refractivity contribution < 1.29 is 17.9 Å². The molecule has 2 aliphatic heterocycles. The molecule has 1 aromatic carbocycles. The molecule has 1 fully saturated rings. The first-order valence-electron chi connectivity index (χ1n) is 10.2. The molecule has 0 spiro atoms. The van der Waals surface area contributed by atoms with Gasteiger partial charge in [-0.3, -0.25) is 14.1 Å². The van der Waals surface area contributed by atoms with Crippen LogP contribution in [-0.2, 0) is 26.0 Å². The zero-order valence-electron chi connectivity index (χ0n) is 17.5. The van der Waals surface area contributed by atoms with Gasteiger partial charge in [0.15, 0.2) is 5.96 Å². The number of carbonyl (C=O) groups is 1. The molecule has 0 saturated carbocycles. The number of carbonyl (C=O) groups excluding carboxylic acids is 1. The Kier molecular flexibility index (Phi) is 9.20. The highest BCUT2D eigenvalue weighted by atomic mass is 127. The molecule has 168 valence electrons. The lowest BCUT2D eigenvalue weighted by Gasteiger charge is -2.33. The number of benzene rings is 1. The third-order valence-electron chi connectivity index (χ3n) is 5.45. The number of guanidine groups is 1. The number of fused-ring (bicyclic) bond motifs is 1. The molecular weight excluding hydrogens is 519 g/mol. The van der Waals surface area contributed by atoms with Crippen LogP contribution in [0.1, 0.15) is 25.3 Å². The molecule has 2 heterocycles. The number of sulfonamides is 1. The third kappa shape index (κ3) is 5.77. The van der Waals surface area contributed by atoms with E-state index in [2.05, 4.69) is 15.2 Å². The lowest BCUT2D eigenvalue weighted by molar-refractivity contribution is -0.149. The first-order chi connectivity index (χ1) is 14.0. The van der Waals surface area contributed by atoms with Crippen LogP contribution in [0.15, 0.2) is 29.3 Å². The van der Waals surface area contributed by atoms with Crippen molar-refractivity contribution in [3.8, 4) is 0 Å².